The molecule has 0 amide bonds. The Kier molecular flexibility index (Phi) is 24.0. The zero-order chi connectivity index (χ0) is 30.1. The Labute approximate surface area is 244 Å². The van der Waals surface area contributed by atoms with E-state index in [1.807, 2.05) is 21.1 Å². The molecule has 0 aliphatic heterocycles. The molecular formula is C30H60NO8P. The highest BCUT2D eigenvalue weighted by Gasteiger charge is 2.21. The minimum atomic E-state index is -4.59. The van der Waals surface area contributed by atoms with Crippen molar-refractivity contribution in [3.05, 3.63) is 0 Å². The van der Waals surface area contributed by atoms with Gasteiger partial charge >= 0.3 is 11.9 Å². The van der Waals surface area contributed by atoms with Crippen molar-refractivity contribution in [1.29, 1.82) is 0 Å². The third-order valence-corrected chi connectivity index (χ3v) is 7.59. The van der Waals surface area contributed by atoms with Gasteiger partial charge in [-0.15, -0.1) is 0 Å². The van der Waals surface area contributed by atoms with Crippen LogP contribution in [0.3, 0.4) is 0 Å². The average molecular weight is 594 g/mol. The van der Waals surface area contributed by atoms with Crippen LogP contribution in [-0.2, 0) is 32.7 Å². The van der Waals surface area contributed by atoms with Gasteiger partial charge in [-0.2, -0.15) is 0 Å². The van der Waals surface area contributed by atoms with Gasteiger partial charge in [-0.05, 0) is 12.8 Å². The normalized spacial score (nSPS) is 14.1. The molecule has 1 unspecified atom stereocenters. The predicted octanol–water partition coefficient (Wildman–Crippen LogP) is 6.71. The molecule has 10 heteroatoms. The number of unbranched alkanes of at least 4 members (excludes halogenated alkanes) is 14. The van der Waals surface area contributed by atoms with Gasteiger partial charge in [0.1, 0.15) is 19.8 Å². The molecule has 0 heterocycles. The number of phosphoric ester groups is 1. The molecule has 0 aliphatic rings. The molecule has 0 saturated heterocycles. The van der Waals surface area contributed by atoms with Crippen LogP contribution in [0.25, 0.3) is 0 Å². The minimum Gasteiger partial charge on any atom is -0.756 e. The summed E-state index contributed by atoms with van der Waals surface area (Å²) in [5.74, 6) is -0.843. The van der Waals surface area contributed by atoms with Crippen molar-refractivity contribution in [3.63, 3.8) is 0 Å². The molecule has 0 rings (SSSR count). The van der Waals surface area contributed by atoms with Gasteiger partial charge in [-0.3, -0.25) is 14.2 Å². The third-order valence-electron chi connectivity index (χ3n) is 6.63. The highest BCUT2D eigenvalue weighted by atomic mass is 31.2. The van der Waals surface area contributed by atoms with Crippen molar-refractivity contribution < 1.29 is 42.1 Å². The fourth-order valence-corrected chi connectivity index (χ4v) is 4.79. The molecule has 0 N–H and O–H groups in total. The maximum atomic E-state index is 12.4. The second kappa shape index (κ2) is 24.6. The Bertz CT molecular complexity index is 683. The van der Waals surface area contributed by atoms with E-state index in [0.717, 1.165) is 38.5 Å². The first-order chi connectivity index (χ1) is 19.0. The molecule has 2 atom stereocenters. The lowest BCUT2D eigenvalue weighted by Crippen LogP contribution is -2.37. The number of ether oxygens (including phenoxy) is 2. The SMILES string of the molecule is CCCCCCCCCCC(=O)OC[C@H](COP(=O)([O-])OCC[N+](C)(C)C)OC(=O)CCCCCCCCCC. The molecule has 40 heavy (non-hydrogen) atoms. The molecule has 0 spiro atoms. The number of nitrogens with zero attached hydrogens (tertiary/aromatic N) is 1. The van der Waals surface area contributed by atoms with E-state index in [4.69, 9.17) is 18.5 Å². The Balaban J connectivity index is 4.54. The van der Waals surface area contributed by atoms with E-state index in [-0.39, 0.29) is 32.0 Å². The van der Waals surface area contributed by atoms with Crippen LogP contribution in [0.1, 0.15) is 129 Å². The number of esters is 2. The lowest BCUT2D eigenvalue weighted by atomic mass is 10.1. The lowest BCUT2D eigenvalue weighted by Gasteiger charge is -2.28. The monoisotopic (exact) mass is 593 g/mol. The van der Waals surface area contributed by atoms with Crippen molar-refractivity contribution in [2.24, 2.45) is 0 Å². The topological polar surface area (TPSA) is 111 Å². The van der Waals surface area contributed by atoms with Gasteiger partial charge in [0.2, 0.25) is 0 Å². The zero-order valence-electron chi connectivity index (χ0n) is 26.3. The van der Waals surface area contributed by atoms with Crippen molar-refractivity contribution in [1.82, 2.24) is 0 Å². The summed E-state index contributed by atoms with van der Waals surface area (Å²) in [4.78, 5) is 36.9. The van der Waals surface area contributed by atoms with Gasteiger partial charge < -0.3 is 27.9 Å². The quantitative estimate of drug-likeness (QED) is 0.0426. The Hall–Kier alpha value is -0.990. The number of quaternary nitrogens is 1. The van der Waals surface area contributed by atoms with Gasteiger partial charge in [-0.25, -0.2) is 0 Å². The van der Waals surface area contributed by atoms with Crippen molar-refractivity contribution in [2.45, 2.75) is 136 Å². The minimum absolute atomic E-state index is 0.0270. The average Bonchev–Trinajstić information content (AvgIpc) is 2.88. The summed E-state index contributed by atoms with van der Waals surface area (Å²) >= 11 is 0. The Morgan fingerprint density at radius 1 is 0.675 bits per heavy atom. The number of likely N-dealkylation sites (N-methyl/N-ethyl adjacent to an activating group) is 1. The fraction of sp³-hybridized carbons (Fsp3) is 0.933. The van der Waals surface area contributed by atoms with Crippen molar-refractivity contribution in [2.75, 3.05) is 47.5 Å². The largest absolute Gasteiger partial charge is 0.756 e. The number of rotatable bonds is 28. The zero-order valence-corrected chi connectivity index (χ0v) is 27.2. The summed E-state index contributed by atoms with van der Waals surface area (Å²) in [5, 5.41) is 0. The first-order valence-electron chi connectivity index (χ1n) is 15.7. The number of hydrogen-bond acceptors (Lipinski definition) is 8. The van der Waals surface area contributed by atoms with Gasteiger partial charge in [0.15, 0.2) is 6.10 Å². The smallest absolute Gasteiger partial charge is 0.306 e. The van der Waals surface area contributed by atoms with E-state index in [1.54, 1.807) is 0 Å². The molecule has 0 aromatic heterocycles. The van der Waals surface area contributed by atoms with Crippen molar-refractivity contribution in [3.8, 4) is 0 Å². The number of carbonyl (C=O) groups is 2. The van der Waals surface area contributed by atoms with Gasteiger partial charge in [0, 0.05) is 12.8 Å². The van der Waals surface area contributed by atoms with Crippen LogP contribution in [0.5, 0.6) is 0 Å². The third kappa shape index (κ3) is 27.2. The van der Waals surface area contributed by atoms with Crippen LogP contribution in [-0.4, -0.2) is 70.0 Å². The predicted molar refractivity (Wildman–Crippen MR) is 158 cm³/mol. The lowest BCUT2D eigenvalue weighted by molar-refractivity contribution is -0.870. The molecule has 9 nitrogen and oxygen atoms in total. The molecule has 238 valence electrons. The first kappa shape index (κ1) is 39.0. The van der Waals surface area contributed by atoms with Crippen LogP contribution >= 0.6 is 7.82 Å². The van der Waals surface area contributed by atoms with Crippen LogP contribution in [0.4, 0.5) is 0 Å². The molecule has 0 aromatic rings. The van der Waals surface area contributed by atoms with Gasteiger partial charge in [-0.1, -0.05) is 104 Å². The van der Waals surface area contributed by atoms with E-state index in [9.17, 15) is 19.0 Å². The summed E-state index contributed by atoms with van der Waals surface area (Å²) in [6, 6.07) is 0. The second-order valence-corrected chi connectivity index (χ2v) is 13.2. The number of hydrogen-bond donors (Lipinski definition) is 0. The van der Waals surface area contributed by atoms with E-state index >= 15 is 0 Å². The first-order valence-corrected chi connectivity index (χ1v) is 17.2. The maximum absolute atomic E-state index is 12.4. The summed E-state index contributed by atoms with van der Waals surface area (Å²) in [6.07, 6.45) is 17.3. The van der Waals surface area contributed by atoms with E-state index in [1.165, 1.54) is 57.8 Å². The van der Waals surface area contributed by atoms with Gasteiger partial charge in [0.05, 0.1) is 27.7 Å². The Morgan fingerprint density at radius 3 is 1.60 bits per heavy atom. The number of carbonyl (C=O) groups excluding carboxylic acids is 2. The van der Waals surface area contributed by atoms with Crippen LogP contribution in [0, 0.1) is 0 Å². The summed E-state index contributed by atoms with van der Waals surface area (Å²) in [6.45, 7) is 4.12. The Morgan fingerprint density at radius 2 is 1.12 bits per heavy atom. The van der Waals surface area contributed by atoms with E-state index in [2.05, 4.69) is 13.8 Å². The number of phosphoric acid groups is 1. The summed E-state index contributed by atoms with van der Waals surface area (Å²) in [5.41, 5.74) is 0. The summed E-state index contributed by atoms with van der Waals surface area (Å²) < 4.78 is 33.4. The van der Waals surface area contributed by atoms with Crippen LogP contribution < -0.4 is 4.89 Å². The molecule has 0 aromatic carbocycles. The summed E-state index contributed by atoms with van der Waals surface area (Å²) in [7, 11) is 1.17. The second-order valence-electron chi connectivity index (χ2n) is 11.8. The standard InChI is InChI=1S/C30H60NO8P/c1-6-8-10-12-14-16-18-20-22-29(32)36-26-28(27-38-40(34,35)37-25-24-31(3,4)5)39-30(33)23-21-19-17-15-13-11-9-7-2/h28H,6-27H2,1-5H3/t28-/m1/s1. The van der Waals surface area contributed by atoms with Crippen molar-refractivity contribution >= 4 is 19.8 Å². The molecule has 0 radical (unpaired) electrons. The van der Waals surface area contributed by atoms with Gasteiger partial charge in [0.25, 0.3) is 7.82 Å². The van der Waals surface area contributed by atoms with Crippen LogP contribution in [0.2, 0.25) is 0 Å². The molecular weight excluding hydrogens is 533 g/mol. The molecule has 0 aliphatic carbocycles. The van der Waals surface area contributed by atoms with E-state index < -0.39 is 26.5 Å². The molecule has 0 saturated carbocycles. The molecule has 0 fully saturated rings. The van der Waals surface area contributed by atoms with Crippen LogP contribution in [0.15, 0.2) is 0 Å². The highest BCUT2D eigenvalue weighted by Crippen LogP contribution is 2.38. The highest BCUT2D eigenvalue weighted by molar-refractivity contribution is 7.45. The van der Waals surface area contributed by atoms with E-state index in [0.29, 0.717) is 17.4 Å². The maximum Gasteiger partial charge on any atom is 0.306 e. The molecule has 0 bridgehead atoms. The fourth-order valence-electron chi connectivity index (χ4n) is 4.06.